The van der Waals surface area contributed by atoms with Crippen molar-refractivity contribution >= 4 is 23.9 Å². The average Bonchev–Trinajstić information content (AvgIpc) is 2.89. The Morgan fingerprint density at radius 3 is 1.08 bits per heavy atom. The quantitative estimate of drug-likeness (QED) is 0.309. The van der Waals surface area contributed by atoms with Gasteiger partial charge in [0.05, 0.1) is 45.0 Å². The molecule has 180 valence electrons. The number of nitrogens with zero attached hydrogens (tertiary/aromatic N) is 4. The predicted octanol–water partition coefficient (Wildman–Crippen LogP) is 3.08. The summed E-state index contributed by atoms with van der Waals surface area (Å²) in [7, 11) is 0. The normalized spacial score (nSPS) is 10.0. The van der Waals surface area contributed by atoms with Crippen LogP contribution in [0.4, 0.5) is 0 Å². The van der Waals surface area contributed by atoms with Crippen LogP contribution in [-0.2, 0) is 0 Å². The molecular formula is C24H16N4O8. The molecule has 0 atom stereocenters. The fraction of sp³-hybridized carbons (Fsp3) is 0. The fourth-order valence-electron chi connectivity index (χ4n) is 2.75. The average molecular weight is 488 g/mol. The number of carboxylic acids is 4. The van der Waals surface area contributed by atoms with Gasteiger partial charge in [-0.3, -0.25) is 19.9 Å². The molecule has 0 bridgehead atoms. The van der Waals surface area contributed by atoms with Crippen molar-refractivity contribution in [3.8, 4) is 22.8 Å². The van der Waals surface area contributed by atoms with Gasteiger partial charge in [0.25, 0.3) is 0 Å². The first-order chi connectivity index (χ1) is 17.2. The summed E-state index contributed by atoms with van der Waals surface area (Å²) in [5, 5.41) is 35.2. The van der Waals surface area contributed by atoms with Crippen LogP contribution in [0.3, 0.4) is 0 Å². The largest absolute Gasteiger partial charge is 0.478 e. The maximum absolute atomic E-state index is 10.8. The van der Waals surface area contributed by atoms with Gasteiger partial charge in [-0.15, -0.1) is 0 Å². The molecule has 0 amide bonds. The molecular weight excluding hydrogens is 472 g/mol. The summed E-state index contributed by atoms with van der Waals surface area (Å²) in [6, 6.07) is 11.3. The number of aromatic nitrogens is 4. The molecule has 0 saturated heterocycles. The molecule has 0 aliphatic carbocycles. The van der Waals surface area contributed by atoms with Crippen molar-refractivity contribution in [3.63, 3.8) is 0 Å². The summed E-state index contributed by atoms with van der Waals surface area (Å²) in [5.41, 5.74) is 1.91. The van der Waals surface area contributed by atoms with Gasteiger partial charge in [-0.05, 0) is 48.5 Å². The minimum atomic E-state index is -1.08. The lowest BCUT2D eigenvalue weighted by Gasteiger charge is -2.02. The van der Waals surface area contributed by atoms with E-state index in [-0.39, 0.29) is 22.3 Å². The standard InChI is InChI=1S/2C12H8N2O4/c15-11(16)7-1-3-13-9(5-7)10-6-8(12(17)18)2-4-14-10;15-11(16)7-1-3-9(13-5-7)10-4-2-8(6-14-10)12(17)18/h2*1-6H,(H,15,16)(H,17,18). The van der Waals surface area contributed by atoms with Crippen molar-refractivity contribution < 1.29 is 39.6 Å². The highest BCUT2D eigenvalue weighted by Crippen LogP contribution is 2.17. The van der Waals surface area contributed by atoms with Crippen LogP contribution >= 0.6 is 0 Å². The fourth-order valence-corrected chi connectivity index (χ4v) is 2.75. The Kier molecular flexibility index (Phi) is 7.72. The van der Waals surface area contributed by atoms with Crippen LogP contribution in [0.25, 0.3) is 22.8 Å². The van der Waals surface area contributed by atoms with E-state index in [1.165, 1.54) is 73.3 Å². The number of pyridine rings is 4. The van der Waals surface area contributed by atoms with Gasteiger partial charge in [-0.1, -0.05) is 0 Å². The van der Waals surface area contributed by atoms with Gasteiger partial charge in [0.15, 0.2) is 0 Å². The Morgan fingerprint density at radius 2 is 0.806 bits per heavy atom. The number of hydrogen-bond acceptors (Lipinski definition) is 8. The molecule has 0 aliphatic heterocycles. The first-order valence-corrected chi connectivity index (χ1v) is 9.94. The van der Waals surface area contributed by atoms with Crippen LogP contribution in [0.2, 0.25) is 0 Å². The SMILES string of the molecule is O=C(O)c1ccc(-c2ccc(C(=O)O)cn2)nc1.O=C(O)c1ccnc(-c2cc(C(=O)O)ccn2)c1. The molecule has 12 heteroatoms. The summed E-state index contributed by atoms with van der Waals surface area (Å²) in [6.07, 6.45) is 5.14. The van der Waals surface area contributed by atoms with Crippen molar-refractivity contribution in [2.75, 3.05) is 0 Å². The van der Waals surface area contributed by atoms with Crippen molar-refractivity contribution in [1.82, 2.24) is 19.9 Å². The van der Waals surface area contributed by atoms with Gasteiger partial charge in [0.2, 0.25) is 0 Å². The van der Waals surface area contributed by atoms with E-state index >= 15 is 0 Å². The molecule has 4 heterocycles. The van der Waals surface area contributed by atoms with E-state index in [0.717, 1.165) is 0 Å². The monoisotopic (exact) mass is 488 g/mol. The van der Waals surface area contributed by atoms with Crippen LogP contribution in [-0.4, -0.2) is 64.2 Å². The summed E-state index contributed by atoms with van der Waals surface area (Å²) in [6.45, 7) is 0. The van der Waals surface area contributed by atoms with E-state index in [1.54, 1.807) is 0 Å². The van der Waals surface area contributed by atoms with Gasteiger partial charge in [0.1, 0.15) is 0 Å². The third-order valence-electron chi connectivity index (χ3n) is 4.56. The number of rotatable bonds is 6. The van der Waals surface area contributed by atoms with Gasteiger partial charge in [-0.2, -0.15) is 0 Å². The van der Waals surface area contributed by atoms with Crippen LogP contribution in [0.5, 0.6) is 0 Å². The summed E-state index contributed by atoms with van der Waals surface area (Å²) < 4.78 is 0. The zero-order valence-electron chi connectivity index (χ0n) is 18.1. The minimum absolute atomic E-state index is 0.0718. The van der Waals surface area contributed by atoms with Gasteiger partial charge in [-0.25, -0.2) is 19.2 Å². The van der Waals surface area contributed by atoms with Gasteiger partial charge >= 0.3 is 23.9 Å². The molecule has 0 radical (unpaired) electrons. The topological polar surface area (TPSA) is 201 Å². The lowest BCUT2D eigenvalue weighted by atomic mass is 10.1. The number of hydrogen-bond donors (Lipinski definition) is 4. The Morgan fingerprint density at radius 1 is 0.444 bits per heavy atom. The second kappa shape index (κ2) is 11.1. The number of carboxylic acid groups (broad SMARTS) is 4. The van der Waals surface area contributed by atoms with E-state index in [2.05, 4.69) is 19.9 Å². The Balaban J connectivity index is 0.000000201. The minimum Gasteiger partial charge on any atom is -0.478 e. The second-order valence-electron chi connectivity index (χ2n) is 6.94. The Hall–Kier alpha value is -5.52. The van der Waals surface area contributed by atoms with Crippen LogP contribution in [0, 0.1) is 0 Å². The predicted molar refractivity (Wildman–Crippen MR) is 123 cm³/mol. The highest BCUT2D eigenvalue weighted by atomic mass is 16.4. The summed E-state index contributed by atoms with van der Waals surface area (Å²) >= 11 is 0. The molecule has 4 aromatic heterocycles. The van der Waals surface area contributed by atoms with Gasteiger partial charge < -0.3 is 20.4 Å². The molecule has 0 saturated carbocycles. The molecule has 0 unspecified atom stereocenters. The highest BCUT2D eigenvalue weighted by Gasteiger charge is 2.10. The molecule has 0 spiro atoms. The zero-order chi connectivity index (χ0) is 26.2. The van der Waals surface area contributed by atoms with Crippen molar-refractivity contribution in [2.24, 2.45) is 0 Å². The zero-order valence-corrected chi connectivity index (χ0v) is 18.1. The van der Waals surface area contributed by atoms with Crippen LogP contribution < -0.4 is 0 Å². The van der Waals surface area contributed by atoms with Crippen molar-refractivity contribution in [3.05, 3.63) is 95.6 Å². The summed E-state index contributed by atoms with van der Waals surface area (Å²) in [5.74, 6) is -4.26. The van der Waals surface area contributed by atoms with Crippen molar-refractivity contribution in [2.45, 2.75) is 0 Å². The van der Waals surface area contributed by atoms with E-state index in [0.29, 0.717) is 22.8 Å². The first kappa shape index (κ1) is 25.1. The van der Waals surface area contributed by atoms with Crippen molar-refractivity contribution in [1.29, 1.82) is 0 Å². The smallest absolute Gasteiger partial charge is 0.337 e. The lowest BCUT2D eigenvalue weighted by molar-refractivity contribution is 0.0685. The summed E-state index contributed by atoms with van der Waals surface area (Å²) in [4.78, 5) is 58.8. The Bertz CT molecular complexity index is 1330. The molecule has 0 aliphatic rings. The maximum atomic E-state index is 10.8. The van der Waals surface area contributed by atoms with E-state index in [9.17, 15) is 19.2 Å². The van der Waals surface area contributed by atoms with E-state index < -0.39 is 23.9 Å². The highest BCUT2D eigenvalue weighted by molar-refractivity contribution is 5.90. The lowest BCUT2D eigenvalue weighted by Crippen LogP contribution is -2.00. The molecule has 4 aromatic rings. The van der Waals surface area contributed by atoms with Crippen LogP contribution in [0.15, 0.2) is 73.3 Å². The second-order valence-corrected chi connectivity index (χ2v) is 6.94. The molecule has 0 aromatic carbocycles. The third kappa shape index (κ3) is 6.29. The number of aromatic carboxylic acids is 4. The third-order valence-corrected chi connectivity index (χ3v) is 4.56. The molecule has 4 rings (SSSR count). The Labute approximate surface area is 202 Å². The molecule has 0 fully saturated rings. The first-order valence-electron chi connectivity index (χ1n) is 9.94. The number of carbonyl (C=O) groups is 4. The van der Waals surface area contributed by atoms with E-state index in [4.69, 9.17) is 20.4 Å². The maximum Gasteiger partial charge on any atom is 0.337 e. The van der Waals surface area contributed by atoms with Gasteiger partial charge in [0, 0.05) is 24.8 Å². The molecule has 36 heavy (non-hydrogen) atoms. The van der Waals surface area contributed by atoms with Crippen LogP contribution in [0.1, 0.15) is 41.4 Å². The molecule has 4 N–H and O–H groups in total. The van der Waals surface area contributed by atoms with E-state index in [1.807, 2.05) is 0 Å². The molecule has 12 nitrogen and oxygen atoms in total.